The fourth-order valence-electron chi connectivity index (χ4n) is 3.92. The Morgan fingerprint density at radius 3 is 2.74 bits per heavy atom. The fraction of sp³-hybridized carbons (Fsp3) is 0.476. The number of aromatic nitrogens is 4. The van der Waals surface area contributed by atoms with E-state index in [0.29, 0.717) is 36.5 Å². The summed E-state index contributed by atoms with van der Waals surface area (Å²) in [6.45, 7) is 5.99. The Labute approximate surface area is 178 Å². The monoisotopic (exact) mass is 434 g/mol. The van der Waals surface area contributed by atoms with Gasteiger partial charge in [0.1, 0.15) is 17.2 Å². The van der Waals surface area contributed by atoms with Crippen LogP contribution >= 0.6 is 0 Å². The number of methoxy groups -OCH3 is 1. The Kier molecular flexibility index (Phi) is 5.61. The standard InChI is InChI=1S/C21H25F3N6O/c1-20(2,31-3)11-13-12-30(10-9-25-13)16-7-6-15(21(22,23)24)18(27-16)17-14-5-4-8-26-19(14)29-28-17/h4-8,13,25H,9-12H2,1-3H3,(H,26,28,29). The molecule has 1 atom stereocenters. The van der Waals surface area contributed by atoms with Crippen molar-refractivity contribution in [3.05, 3.63) is 36.0 Å². The number of nitrogens with one attached hydrogen (secondary N) is 2. The third-order valence-corrected chi connectivity index (χ3v) is 5.62. The summed E-state index contributed by atoms with van der Waals surface area (Å²) in [7, 11) is 1.67. The number of nitrogens with zero attached hydrogens (tertiary/aromatic N) is 4. The van der Waals surface area contributed by atoms with E-state index in [1.165, 1.54) is 6.07 Å². The van der Waals surface area contributed by atoms with Crippen LogP contribution in [-0.2, 0) is 10.9 Å². The molecule has 1 aliphatic heterocycles. The van der Waals surface area contributed by atoms with E-state index < -0.39 is 11.7 Å². The fourth-order valence-corrected chi connectivity index (χ4v) is 3.92. The lowest BCUT2D eigenvalue weighted by Crippen LogP contribution is -2.53. The molecule has 0 saturated carbocycles. The van der Waals surface area contributed by atoms with Crippen molar-refractivity contribution in [2.75, 3.05) is 31.6 Å². The van der Waals surface area contributed by atoms with Crippen LogP contribution in [0.15, 0.2) is 30.5 Å². The molecule has 4 rings (SSSR count). The lowest BCUT2D eigenvalue weighted by molar-refractivity contribution is -0.137. The molecule has 0 amide bonds. The predicted octanol–water partition coefficient (Wildman–Crippen LogP) is 3.63. The number of rotatable bonds is 5. The lowest BCUT2D eigenvalue weighted by atomic mass is 9.97. The second-order valence-electron chi connectivity index (χ2n) is 8.30. The number of hydrogen-bond acceptors (Lipinski definition) is 6. The number of anilines is 1. The average Bonchev–Trinajstić information content (AvgIpc) is 3.17. The highest BCUT2D eigenvalue weighted by Gasteiger charge is 2.36. The third kappa shape index (κ3) is 4.49. The van der Waals surface area contributed by atoms with Crippen molar-refractivity contribution in [2.45, 2.75) is 38.1 Å². The van der Waals surface area contributed by atoms with Crippen LogP contribution in [0.4, 0.5) is 19.0 Å². The first-order valence-electron chi connectivity index (χ1n) is 10.1. The molecule has 1 saturated heterocycles. The highest BCUT2D eigenvalue weighted by atomic mass is 19.4. The van der Waals surface area contributed by atoms with E-state index in [1.54, 1.807) is 25.4 Å². The van der Waals surface area contributed by atoms with Crippen LogP contribution in [0.5, 0.6) is 0 Å². The number of aromatic amines is 1. The molecule has 4 heterocycles. The molecule has 0 aromatic carbocycles. The van der Waals surface area contributed by atoms with Gasteiger partial charge in [-0.15, -0.1) is 0 Å². The van der Waals surface area contributed by atoms with E-state index in [9.17, 15) is 13.2 Å². The molecular formula is C21H25F3N6O. The summed E-state index contributed by atoms with van der Waals surface area (Å²) in [5.74, 6) is 0.491. The maximum absolute atomic E-state index is 13.8. The van der Waals surface area contributed by atoms with Gasteiger partial charge < -0.3 is 15.0 Å². The number of hydrogen-bond donors (Lipinski definition) is 2. The summed E-state index contributed by atoms with van der Waals surface area (Å²) >= 11 is 0. The average molecular weight is 434 g/mol. The quantitative estimate of drug-likeness (QED) is 0.639. The molecule has 166 valence electrons. The van der Waals surface area contributed by atoms with Gasteiger partial charge in [0, 0.05) is 44.4 Å². The molecular weight excluding hydrogens is 409 g/mol. The molecule has 1 unspecified atom stereocenters. The first kappa shape index (κ1) is 21.5. The number of fused-ring (bicyclic) bond motifs is 1. The number of pyridine rings is 2. The summed E-state index contributed by atoms with van der Waals surface area (Å²) in [6, 6.07) is 6.00. The summed E-state index contributed by atoms with van der Waals surface area (Å²) in [6.07, 6.45) is -2.23. The molecule has 1 fully saturated rings. The SMILES string of the molecule is COC(C)(C)CC1CN(c2ccc(C(F)(F)F)c(-c3n[nH]c4ncccc34)n2)CCN1. The number of H-pyrrole nitrogens is 1. The first-order chi connectivity index (χ1) is 14.7. The summed E-state index contributed by atoms with van der Waals surface area (Å²) < 4.78 is 46.8. The number of halogens is 3. The van der Waals surface area contributed by atoms with Crippen molar-refractivity contribution < 1.29 is 17.9 Å². The van der Waals surface area contributed by atoms with Gasteiger partial charge in [0.05, 0.1) is 11.2 Å². The first-order valence-corrected chi connectivity index (χ1v) is 10.1. The summed E-state index contributed by atoms with van der Waals surface area (Å²) in [5, 5.41) is 10.8. The zero-order chi connectivity index (χ0) is 22.2. The van der Waals surface area contributed by atoms with Crippen LogP contribution in [0.2, 0.25) is 0 Å². The zero-order valence-electron chi connectivity index (χ0n) is 17.6. The zero-order valence-corrected chi connectivity index (χ0v) is 17.6. The highest BCUT2D eigenvalue weighted by molar-refractivity contribution is 5.90. The lowest BCUT2D eigenvalue weighted by Gasteiger charge is -2.38. The molecule has 3 aromatic rings. The molecule has 0 spiro atoms. The minimum absolute atomic E-state index is 0.131. The van der Waals surface area contributed by atoms with Gasteiger partial charge in [-0.3, -0.25) is 5.10 Å². The van der Waals surface area contributed by atoms with Gasteiger partial charge in [-0.1, -0.05) is 0 Å². The maximum Gasteiger partial charge on any atom is 0.418 e. The van der Waals surface area contributed by atoms with Crippen molar-refractivity contribution in [1.82, 2.24) is 25.5 Å². The predicted molar refractivity (Wildman–Crippen MR) is 112 cm³/mol. The highest BCUT2D eigenvalue weighted by Crippen LogP contribution is 2.38. The van der Waals surface area contributed by atoms with Gasteiger partial charge in [-0.2, -0.15) is 18.3 Å². The van der Waals surface area contributed by atoms with Crippen LogP contribution < -0.4 is 10.2 Å². The third-order valence-electron chi connectivity index (χ3n) is 5.62. The van der Waals surface area contributed by atoms with Crippen LogP contribution in [0, 0.1) is 0 Å². The van der Waals surface area contributed by atoms with Gasteiger partial charge >= 0.3 is 6.18 Å². The van der Waals surface area contributed by atoms with E-state index in [2.05, 4.69) is 25.5 Å². The second-order valence-corrected chi connectivity index (χ2v) is 8.30. The minimum atomic E-state index is -4.55. The molecule has 7 nitrogen and oxygen atoms in total. The minimum Gasteiger partial charge on any atom is -0.379 e. The normalized spacial score (nSPS) is 18.0. The Bertz CT molecular complexity index is 1060. The van der Waals surface area contributed by atoms with Gasteiger partial charge in [0.2, 0.25) is 0 Å². The Balaban J connectivity index is 1.71. The van der Waals surface area contributed by atoms with E-state index in [4.69, 9.17) is 4.74 Å². The van der Waals surface area contributed by atoms with E-state index in [0.717, 1.165) is 12.5 Å². The Morgan fingerprint density at radius 2 is 2.00 bits per heavy atom. The number of ether oxygens (including phenoxy) is 1. The number of piperazine rings is 1. The smallest absolute Gasteiger partial charge is 0.379 e. The molecule has 0 radical (unpaired) electrons. The van der Waals surface area contributed by atoms with E-state index >= 15 is 0 Å². The van der Waals surface area contributed by atoms with Crippen molar-refractivity contribution in [3.63, 3.8) is 0 Å². The van der Waals surface area contributed by atoms with Crippen molar-refractivity contribution in [3.8, 4) is 11.4 Å². The molecule has 2 N–H and O–H groups in total. The summed E-state index contributed by atoms with van der Waals surface area (Å²) in [5.41, 5.74) is -0.760. The molecule has 3 aromatic heterocycles. The maximum atomic E-state index is 13.8. The van der Waals surface area contributed by atoms with E-state index in [1.807, 2.05) is 18.7 Å². The van der Waals surface area contributed by atoms with Crippen molar-refractivity contribution in [1.29, 1.82) is 0 Å². The largest absolute Gasteiger partial charge is 0.418 e. The Morgan fingerprint density at radius 1 is 1.19 bits per heavy atom. The van der Waals surface area contributed by atoms with Gasteiger partial charge in [-0.05, 0) is 44.5 Å². The van der Waals surface area contributed by atoms with Gasteiger partial charge in [0.25, 0.3) is 0 Å². The van der Waals surface area contributed by atoms with Gasteiger partial charge in [0.15, 0.2) is 5.65 Å². The molecule has 10 heteroatoms. The van der Waals surface area contributed by atoms with Crippen LogP contribution in [0.1, 0.15) is 25.8 Å². The molecule has 0 aliphatic carbocycles. The molecule has 1 aliphatic rings. The van der Waals surface area contributed by atoms with Gasteiger partial charge in [-0.25, -0.2) is 9.97 Å². The van der Waals surface area contributed by atoms with Crippen molar-refractivity contribution in [2.24, 2.45) is 0 Å². The Hall–Kier alpha value is -2.72. The summed E-state index contributed by atoms with van der Waals surface area (Å²) in [4.78, 5) is 10.6. The number of alkyl halides is 3. The van der Waals surface area contributed by atoms with Crippen molar-refractivity contribution >= 4 is 16.9 Å². The van der Waals surface area contributed by atoms with E-state index in [-0.39, 0.29) is 23.0 Å². The second kappa shape index (κ2) is 8.08. The van der Waals surface area contributed by atoms with Crippen LogP contribution in [0.25, 0.3) is 22.4 Å². The van der Waals surface area contributed by atoms with Crippen LogP contribution in [0.3, 0.4) is 0 Å². The topological polar surface area (TPSA) is 79.0 Å². The molecule has 31 heavy (non-hydrogen) atoms. The van der Waals surface area contributed by atoms with Crippen LogP contribution in [-0.4, -0.2) is 58.6 Å². The molecule has 0 bridgehead atoms.